The first-order valence-electron chi connectivity index (χ1n) is 6.21. The van der Waals surface area contributed by atoms with E-state index in [1.807, 2.05) is 32.0 Å². The summed E-state index contributed by atoms with van der Waals surface area (Å²) in [7, 11) is 0. The summed E-state index contributed by atoms with van der Waals surface area (Å²) >= 11 is 12.2. The molecular formula is C15H13Cl2NO2. The van der Waals surface area contributed by atoms with Gasteiger partial charge in [-0.3, -0.25) is 0 Å². The molecule has 0 bridgehead atoms. The highest BCUT2D eigenvalue weighted by Crippen LogP contribution is 2.49. The lowest BCUT2D eigenvalue weighted by Gasteiger charge is -2.39. The van der Waals surface area contributed by atoms with Gasteiger partial charge in [0.2, 0.25) is 0 Å². The number of halogens is 2. The SMILES string of the molecule is CC1(C)c2ccccc2[NH+]([O-])c2cc(Cl)c(O)c(Cl)c21. The van der Waals surface area contributed by atoms with Gasteiger partial charge in [0, 0.05) is 28.7 Å². The van der Waals surface area contributed by atoms with Crippen LogP contribution in [0.25, 0.3) is 0 Å². The third-order valence-electron chi connectivity index (χ3n) is 3.91. The Hall–Kier alpha value is -1.26. The standard InChI is InChI=1S/C15H13Cl2NO2/c1-15(2)8-5-3-4-6-10(8)18(20)11-7-9(16)14(19)13(17)12(11)15/h3-7,18-19H,1-2H3. The number of fused-ring (bicyclic) bond motifs is 2. The van der Waals surface area contributed by atoms with E-state index >= 15 is 0 Å². The van der Waals surface area contributed by atoms with E-state index in [2.05, 4.69) is 0 Å². The highest BCUT2D eigenvalue weighted by atomic mass is 35.5. The Morgan fingerprint density at radius 2 is 1.80 bits per heavy atom. The van der Waals surface area contributed by atoms with Gasteiger partial charge >= 0.3 is 0 Å². The number of quaternary nitrogens is 1. The van der Waals surface area contributed by atoms with Crippen LogP contribution in [0, 0.1) is 5.21 Å². The molecule has 104 valence electrons. The third kappa shape index (κ3) is 1.68. The summed E-state index contributed by atoms with van der Waals surface area (Å²) in [5.74, 6) is -0.174. The van der Waals surface area contributed by atoms with Crippen molar-refractivity contribution >= 4 is 34.6 Å². The third-order valence-corrected chi connectivity index (χ3v) is 4.56. The zero-order chi connectivity index (χ0) is 14.7. The first-order valence-corrected chi connectivity index (χ1v) is 6.97. The van der Waals surface area contributed by atoms with Crippen LogP contribution in [0.3, 0.4) is 0 Å². The topological polar surface area (TPSA) is 47.7 Å². The summed E-state index contributed by atoms with van der Waals surface area (Å²) in [6.45, 7) is 3.96. The van der Waals surface area contributed by atoms with Crippen molar-refractivity contribution in [2.45, 2.75) is 19.3 Å². The predicted molar refractivity (Wildman–Crippen MR) is 80.3 cm³/mol. The second-order valence-electron chi connectivity index (χ2n) is 5.44. The van der Waals surface area contributed by atoms with Gasteiger partial charge < -0.3 is 15.4 Å². The normalized spacial score (nSPS) is 19.4. The Balaban J connectivity index is 2.41. The molecule has 1 heterocycles. The summed E-state index contributed by atoms with van der Waals surface area (Å²) in [5.41, 5.74) is 2.18. The zero-order valence-electron chi connectivity index (χ0n) is 11.0. The van der Waals surface area contributed by atoms with Gasteiger partial charge in [-0.25, -0.2) is 0 Å². The molecule has 1 aliphatic rings. The molecule has 1 unspecified atom stereocenters. The maximum Gasteiger partial charge on any atom is 0.153 e. The highest BCUT2D eigenvalue weighted by molar-refractivity contribution is 6.38. The van der Waals surface area contributed by atoms with Crippen molar-refractivity contribution in [1.29, 1.82) is 0 Å². The summed E-state index contributed by atoms with van der Waals surface area (Å²) in [6.07, 6.45) is 0. The number of para-hydroxylation sites is 1. The van der Waals surface area contributed by atoms with Crippen LogP contribution >= 0.6 is 23.2 Å². The molecule has 0 aromatic heterocycles. The fraction of sp³-hybridized carbons (Fsp3) is 0.200. The smallest absolute Gasteiger partial charge is 0.153 e. The van der Waals surface area contributed by atoms with Gasteiger partial charge in [0.25, 0.3) is 0 Å². The molecule has 20 heavy (non-hydrogen) atoms. The number of aromatic hydroxyl groups is 1. The quantitative estimate of drug-likeness (QED) is 0.576. The van der Waals surface area contributed by atoms with Gasteiger partial charge in [0.15, 0.2) is 5.75 Å². The van der Waals surface area contributed by atoms with Crippen molar-refractivity contribution in [3.63, 3.8) is 0 Å². The van der Waals surface area contributed by atoms with E-state index in [4.69, 9.17) is 23.2 Å². The largest absolute Gasteiger partial charge is 0.623 e. The molecule has 0 saturated carbocycles. The van der Waals surface area contributed by atoms with Crippen molar-refractivity contribution in [2.75, 3.05) is 0 Å². The second-order valence-corrected chi connectivity index (χ2v) is 6.23. The van der Waals surface area contributed by atoms with Crippen molar-refractivity contribution < 1.29 is 10.2 Å². The van der Waals surface area contributed by atoms with Crippen LogP contribution < -0.4 is 5.06 Å². The molecule has 1 atom stereocenters. The first kappa shape index (κ1) is 13.7. The highest BCUT2D eigenvalue weighted by Gasteiger charge is 2.40. The number of phenols is 1. The summed E-state index contributed by atoms with van der Waals surface area (Å²) in [4.78, 5) is 0. The van der Waals surface area contributed by atoms with Gasteiger partial charge in [-0.2, -0.15) is 0 Å². The maximum absolute atomic E-state index is 12.6. The van der Waals surface area contributed by atoms with Crippen LogP contribution in [0.2, 0.25) is 10.0 Å². The molecule has 0 aliphatic carbocycles. The minimum atomic E-state index is -0.473. The number of hydrogen-bond acceptors (Lipinski definition) is 2. The van der Waals surface area contributed by atoms with Crippen molar-refractivity contribution in [2.24, 2.45) is 0 Å². The summed E-state index contributed by atoms with van der Waals surface area (Å²) < 4.78 is 0. The van der Waals surface area contributed by atoms with E-state index in [1.165, 1.54) is 6.07 Å². The fourth-order valence-electron chi connectivity index (χ4n) is 2.90. The first-order chi connectivity index (χ1) is 9.35. The number of rotatable bonds is 0. The minimum Gasteiger partial charge on any atom is -0.623 e. The van der Waals surface area contributed by atoms with E-state index in [0.717, 1.165) is 5.56 Å². The van der Waals surface area contributed by atoms with Crippen molar-refractivity contribution in [3.8, 4) is 5.75 Å². The van der Waals surface area contributed by atoms with Gasteiger partial charge in [-0.05, 0) is 0 Å². The maximum atomic E-state index is 12.6. The van der Waals surface area contributed by atoms with Crippen molar-refractivity contribution in [1.82, 2.24) is 0 Å². The van der Waals surface area contributed by atoms with Gasteiger partial charge in [0.05, 0.1) is 10.0 Å². The Morgan fingerprint density at radius 1 is 1.15 bits per heavy atom. The lowest BCUT2D eigenvalue weighted by molar-refractivity contribution is -0.701. The molecule has 2 aromatic carbocycles. The molecule has 0 spiro atoms. The average Bonchev–Trinajstić information content (AvgIpc) is 2.42. The van der Waals surface area contributed by atoms with E-state index in [1.54, 1.807) is 6.07 Å². The molecule has 1 aliphatic heterocycles. The average molecular weight is 310 g/mol. The van der Waals surface area contributed by atoms with Crippen LogP contribution in [-0.2, 0) is 5.41 Å². The Bertz CT molecular complexity index is 713. The molecule has 3 rings (SSSR count). The Labute approximate surface area is 126 Å². The number of phenolic OH excluding ortho intramolecular Hbond substituents is 1. The molecular weight excluding hydrogens is 297 g/mol. The van der Waals surface area contributed by atoms with Crippen LogP contribution in [0.4, 0.5) is 11.4 Å². The molecule has 0 amide bonds. The number of hydrogen-bond donors (Lipinski definition) is 2. The van der Waals surface area contributed by atoms with E-state index in [0.29, 0.717) is 16.9 Å². The second kappa shape index (κ2) is 4.37. The monoisotopic (exact) mass is 309 g/mol. The Kier molecular flexibility index (Phi) is 2.99. The molecule has 3 nitrogen and oxygen atoms in total. The van der Waals surface area contributed by atoms with E-state index in [-0.39, 0.29) is 20.9 Å². The predicted octanol–water partition coefficient (Wildman–Crippen LogP) is 3.68. The molecule has 2 N–H and O–H groups in total. The lowest BCUT2D eigenvalue weighted by atomic mass is 9.74. The zero-order valence-corrected chi connectivity index (χ0v) is 12.5. The number of nitrogens with one attached hydrogen (secondary N) is 1. The molecule has 0 radical (unpaired) electrons. The fourth-order valence-corrected chi connectivity index (χ4v) is 3.60. The number of benzene rings is 2. The summed E-state index contributed by atoms with van der Waals surface area (Å²) in [5, 5.41) is 22.7. The Morgan fingerprint density at radius 3 is 2.50 bits per heavy atom. The van der Waals surface area contributed by atoms with Crippen LogP contribution in [0.15, 0.2) is 30.3 Å². The van der Waals surface area contributed by atoms with Gasteiger partial charge in [0.1, 0.15) is 11.4 Å². The van der Waals surface area contributed by atoms with Gasteiger partial charge in [-0.1, -0.05) is 55.2 Å². The van der Waals surface area contributed by atoms with Crippen LogP contribution in [0.1, 0.15) is 25.0 Å². The molecule has 0 saturated heterocycles. The van der Waals surface area contributed by atoms with E-state index < -0.39 is 5.41 Å². The van der Waals surface area contributed by atoms with Gasteiger partial charge in [-0.15, -0.1) is 0 Å². The minimum absolute atomic E-state index is 0.0947. The lowest BCUT2D eigenvalue weighted by Crippen LogP contribution is -2.98. The summed E-state index contributed by atoms with van der Waals surface area (Å²) in [6, 6.07) is 8.94. The molecule has 0 fully saturated rings. The van der Waals surface area contributed by atoms with E-state index in [9.17, 15) is 10.3 Å². The van der Waals surface area contributed by atoms with Crippen LogP contribution in [-0.4, -0.2) is 5.11 Å². The molecule has 5 heteroatoms. The van der Waals surface area contributed by atoms with Crippen LogP contribution in [0.5, 0.6) is 5.75 Å². The van der Waals surface area contributed by atoms with Crippen molar-refractivity contribution in [3.05, 3.63) is 56.7 Å². The molecule has 2 aromatic rings.